The second-order valence-electron chi connectivity index (χ2n) is 7.14. The summed E-state index contributed by atoms with van der Waals surface area (Å²) in [6, 6.07) is 16.4. The van der Waals surface area contributed by atoms with Gasteiger partial charge in [-0.2, -0.15) is 0 Å². The number of H-pyrrole nitrogens is 2. The molecular formula is C22H21N7. The van der Waals surface area contributed by atoms with Crippen molar-refractivity contribution in [1.29, 1.82) is 0 Å². The number of aromatic amines is 2. The molecule has 0 aliphatic rings. The molecule has 0 amide bonds. The Hall–Kier alpha value is -3.71. The number of aryl methyl sites for hydroxylation is 1. The van der Waals surface area contributed by atoms with Gasteiger partial charge in [-0.25, -0.2) is 9.97 Å². The number of pyridine rings is 2. The number of anilines is 1. The Labute approximate surface area is 167 Å². The van der Waals surface area contributed by atoms with E-state index in [-0.39, 0.29) is 0 Å². The van der Waals surface area contributed by atoms with E-state index in [9.17, 15) is 0 Å². The topological polar surface area (TPSA) is 108 Å². The minimum absolute atomic E-state index is 0.456. The lowest BCUT2D eigenvalue weighted by atomic mass is 10.1. The highest BCUT2D eigenvalue weighted by molar-refractivity contribution is 5.95. The molecule has 0 bridgehead atoms. The summed E-state index contributed by atoms with van der Waals surface area (Å²) in [5, 5.41) is 4.59. The van der Waals surface area contributed by atoms with Gasteiger partial charge >= 0.3 is 0 Å². The van der Waals surface area contributed by atoms with Gasteiger partial charge in [0.15, 0.2) is 5.65 Å². The third kappa shape index (κ3) is 3.43. The van der Waals surface area contributed by atoms with Crippen LogP contribution < -0.4 is 11.1 Å². The molecule has 0 spiro atoms. The van der Waals surface area contributed by atoms with E-state index in [1.165, 1.54) is 5.56 Å². The normalized spacial score (nSPS) is 11.5. The molecule has 7 nitrogen and oxygen atoms in total. The van der Waals surface area contributed by atoms with Crippen LogP contribution in [0.4, 0.5) is 5.82 Å². The van der Waals surface area contributed by atoms with Crippen LogP contribution in [0.25, 0.3) is 33.3 Å². The lowest BCUT2D eigenvalue weighted by Crippen LogP contribution is -2.13. The highest BCUT2D eigenvalue weighted by atomic mass is 15.0. The van der Waals surface area contributed by atoms with E-state index in [0.29, 0.717) is 11.5 Å². The lowest BCUT2D eigenvalue weighted by Gasteiger charge is -2.04. The molecule has 0 saturated carbocycles. The third-order valence-corrected chi connectivity index (χ3v) is 4.94. The van der Waals surface area contributed by atoms with Crippen molar-refractivity contribution >= 4 is 27.9 Å². The van der Waals surface area contributed by atoms with Crippen LogP contribution in [-0.2, 0) is 13.1 Å². The number of benzene rings is 1. The smallest absolute Gasteiger partial charge is 0.180 e. The van der Waals surface area contributed by atoms with Gasteiger partial charge in [-0.05, 0) is 48.9 Å². The van der Waals surface area contributed by atoms with Crippen LogP contribution in [0.5, 0.6) is 0 Å². The summed E-state index contributed by atoms with van der Waals surface area (Å²) >= 11 is 0. The minimum atomic E-state index is 0.456. The number of fused-ring (bicyclic) bond motifs is 2. The van der Waals surface area contributed by atoms with Gasteiger partial charge in [0, 0.05) is 41.4 Å². The Bertz CT molecular complexity index is 1300. The average molecular weight is 383 g/mol. The molecule has 0 aliphatic carbocycles. The Balaban J connectivity index is 1.43. The van der Waals surface area contributed by atoms with Crippen LogP contribution in [0.15, 0.2) is 54.7 Å². The van der Waals surface area contributed by atoms with Crippen molar-refractivity contribution in [2.75, 3.05) is 5.73 Å². The largest absolute Gasteiger partial charge is 0.384 e. The summed E-state index contributed by atoms with van der Waals surface area (Å²) in [4.78, 5) is 19.8. The molecule has 0 fully saturated rings. The molecule has 4 heterocycles. The number of hydrogen-bond donors (Lipinski definition) is 4. The van der Waals surface area contributed by atoms with Gasteiger partial charge in [-0.15, -0.1) is 0 Å². The van der Waals surface area contributed by atoms with Gasteiger partial charge in [0.05, 0.1) is 11.2 Å². The van der Waals surface area contributed by atoms with E-state index in [1.807, 2.05) is 37.4 Å². The molecule has 0 aliphatic heterocycles. The van der Waals surface area contributed by atoms with E-state index in [0.717, 1.165) is 52.3 Å². The summed E-state index contributed by atoms with van der Waals surface area (Å²) in [7, 11) is 0. The van der Waals surface area contributed by atoms with Crippen molar-refractivity contribution in [1.82, 2.24) is 30.2 Å². The van der Waals surface area contributed by atoms with Crippen LogP contribution in [-0.4, -0.2) is 24.9 Å². The predicted octanol–water partition coefficient (Wildman–Crippen LogP) is 3.68. The molecule has 0 atom stereocenters. The average Bonchev–Trinajstić information content (AvgIpc) is 3.30. The summed E-state index contributed by atoms with van der Waals surface area (Å²) < 4.78 is 0. The first-order valence-electron chi connectivity index (χ1n) is 9.51. The maximum absolute atomic E-state index is 6.00. The molecule has 0 unspecified atom stereocenters. The third-order valence-electron chi connectivity index (χ3n) is 4.94. The van der Waals surface area contributed by atoms with E-state index < -0.39 is 0 Å². The molecule has 4 aromatic heterocycles. The number of nitrogen functional groups attached to an aromatic ring is 1. The summed E-state index contributed by atoms with van der Waals surface area (Å²) in [5.41, 5.74) is 12.8. The number of aromatic nitrogens is 5. The second-order valence-corrected chi connectivity index (χ2v) is 7.14. The fourth-order valence-electron chi connectivity index (χ4n) is 3.61. The van der Waals surface area contributed by atoms with Gasteiger partial charge in [0.2, 0.25) is 0 Å². The van der Waals surface area contributed by atoms with Crippen molar-refractivity contribution in [2.45, 2.75) is 20.0 Å². The van der Waals surface area contributed by atoms with Crippen LogP contribution in [0, 0.1) is 6.92 Å². The fraction of sp³-hybridized carbons (Fsp3) is 0.136. The summed E-state index contributed by atoms with van der Waals surface area (Å²) in [5.74, 6) is 1.27. The summed E-state index contributed by atoms with van der Waals surface area (Å²) in [6.07, 6.45) is 1.81. The molecule has 5 rings (SSSR count). The molecule has 5 aromatic rings. The fourth-order valence-corrected chi connectivity index (χ4v) is 3.61. The Kier molecular flexibility index (Phi) is 4.22. The number of nitrogens with two attached hydrogens (primary N) is 1. The van der Waals surface area contributed by atoms with Crippen LogP contribution >= 0.6 is 0 Å². The van der Waals surface area contributed by atoms with Gasteiger partial charge in [-0.1, -0.05) is 12.1 Å². The van der Waals surface area contributed by atoms with Crippen molar-refractivity contribution < 1.29 is 0 Å². The number of hydrogen-bond acceptors (Lipinski definition) is 5. The number of imidazole rings is 1. The zero-order chi connectivity index (χ0) is 19.8. The highest BCUT2D eigenvalue weighted by Crippen LogP contribution is 2.30. The highest BCUT2D eigenvalue weighted by Gasteiger charge is 2.13. The zero-order valence-corrected chi connectivity index (χ0v) is 16.0. The molecule has 7 heteroatoms. The van der Waals surface area contributed by atoms with E-state index in [4.69, 9.17) is 5.73 Å². The quantitative estimate of drug-likeness (QED) is 0.370. The first kappa shape index (κ1) is 17.4. The van der Waals surface area contributed by atoms with Crippen molar-refractivity contribution in [2.24, 2.45) is 0 Å². The SMILES string of the molecule is Cc1nc2nc(N)cc(-c3cc4cc(CNCc5ccccn5)ccc4[nH]3)c2[nH]1. The molecule has 29 heavy (non-hydrogen) atoms. The maximum Gasteiger partial charge on any atom is 0.180 e. The van der Waals surface area contributed by atoms with Crippen LogP contribution in [0.1, 0.15) is 17.1 Å². The maximum atomic E-state index is 6.00. The van der Waals surface area contributed by atoms with Gasteiger partial charge in [0.25, 0.3) is 0 Å². The number of nitrogens with one attached hydrogen (secondary N) is 3. The second kappa shape index (κ2) is 7.03. The van der Waals surface area contributed by atoms with Gasteiger partial charge in [0.1, 0.15) is 11.6 Å². The van der Waals surface area contributed by atoms with E-state index in [2.05, 4.69) is 54.5 Å². The molecule has 144 valence electrons. The lowest BCUT2D eigenvalue weighted by molar-refractivity contribution is 0.680. The summed E-state index contributed by atoms with van der Waals surface area (Å²) in [6.45, 7) is 3.43. The molecule has 0 saturated heterocycles. The molecule has 5 N–H and O–H groups in total. The predicted molar refractivity (Wildman–Crippen MR) is 115 cm³/mol. The van der Waals surface area contributed by atoms with Crippen LogP contribution in [0.3, 0.4) is 0 Å². The molecule has 0 radical (unpaired) electrons. The number of rotatable bonds is 5. The first-order valence-corrected chi connectivity index (χ1v) is 9.51. The molecular weight excluding hydrogens is 362 g/mol. The molecule has 1 aromatic carbocycles. The van der Waals surface area contributed by atoms with Gasteiger partial charge < -0.3 is 21.0 Å². The first-order chi connectivity index (χ1) is 14.2. The van der Waals surface area contributed by atoms with E-state index >= 15 is 0 Å². The Morgan fingerprint density at radius 1 is 1.00 bits per heavy atom. The minimum Gasteiger partial charge on any atom is -0.384 e. The monoisotopic (exact) mass is 383 g/mol. The zero-order valence-electron chi connectivity index (χ0n) is 16.0. The van der Waals surface area contributed by atoms with E-state index in [1.54, 1.807) is 0 Å². The van der Waals surface area contributed by atoms with Crippen molar-refractivity contribution in [3.8, 4) is 11.3 Å². The van der Waals surface area contributed by atoms with Crippen molar-refractivity contribution in [3.05, 3.63) is 71.8 Å². The van der Waals surface area contributed by atoms with Crippen molar-refractivity contribution in [3.63, 3.8) is 0 Å². The Morgan fingerprint density at radius 2 is 1.93 bits per heavy atom. The number of nitrogens with zero attached hydrogens (tertiary/aromatic N) is 3. The Morgan fingerprint density at radius 3 is 2.79 bits per heavy atom. The van der Waals surface area contributed by atoms with Crippen LogP contribution in [0.2, 0.25) is 0 Å². The standard InChI is InChI=1S/C22H21N7/c1-13-26-21-17(10-20(23)29-22(21)27-13)19-9-15-8-14(5-6-18(15)28-19)11-24-12-16-4-2-3-7-25-16/h2-10,24,28H,11-12H2,1H3,(H3,23,26,27,29). The van der Waals surface area contributed by atoms with Gasteiger partial charge in [-0.3, -0.25) is 4.98 Å².